The molecule has 1 saturated carbocycles. The first kappa shape index (κ1) is 25.2. The minimum atomic E-state index is -0.338. The van der Waals surface area contributed by atoms with Crippen LogP contribution in [0.5, 0.6) is 0 Å². The second-order valence-corrected chi connectivity index (χ2v) is 10.7. The maximum Gasteiger partial charge on any atom is 0.331 e. The predicted octanol–water partition coefficient (Wildman–Crippen LogP) is 3.36. The third kappa shape index (κ3) is 4.88. The van der Waals surface area contributed by atoms with E-state index in [-0.39, 0.29) is 18.5 Å². The molecule has 1 saturated heterocycles. The summed E-state index contributed by atoms with van der Waals surface area (Å²) in [6, 6.07) is 5.34. The first-order valence-electron chi connectivity index (χ1n) is 13.3. The topological polar surface area (TPSA) is 138 Å². The Kier molecular flexibility index (Phi) is 6.15. The number of amides is 3. The molecule has 0 spiro atoms. The van der Waals surface area contributed by atoms with Gasteiger partial charge in [-0.1, -0.05) is 11.6 Å². The zero-order valence-electron chi connectivity index (χ0n) is 22.2. The van der Waals surface area contributed by atoms with Crippen molar-refractivity contribution < 1.29 is 9.59 Å². The number of likely N-dealkylation sites (N-methyl/N-ethyl adjacent to an activating group) is 1. The second kappa shape index (κ2) is 10.0. The van der Waals surface area contributed by atoms with Gasteiger partial charge in [0.2, 0.25) is 5.91 Å². The van der Waals surface area contributed by atoms with Gasteiger partial charge < -0.3 is 15.0 Å². The van der Waals surface area contributed by atoms with E-state index in [4.69, 9.17) is 16.6 Å². The van der Waals surface area contributed by atoms with E-state index in [1.807, 2.05) is 28.8 Å². The number of carbonyl (C=O) groups is 2. The number of hydrogen-bond donors (Lipinski definition) is 2. The number of imidazole rings is 2. The van der Waals surface area contributed by atoms with E-state index in [1.165, 1.54) is 18.3 Å². The van der Waals surface area contributed by atoms with Crippen molar-refractivity contribution in [3.05, 3.63) is 71.4 Å². The summed E-state index contributed by atoms with van der Waals surface area (Å²) >= 11 is 6.09. The highest BCUT2D eigenvalue weighted by Crippen LogP contribution is 2.42. The number of carbonyl (C=O) groups excluding carboxylic acids is 2. The number of halogens is 1. The largest absolute Gasteiger partial charge is 0.370 e. The average Bonchev–Trinajstić information content (AvgIpc) is 3.55. The van der Waals surface area contributed by atoms with Crippen molar-refractivity contribution >= 4 is 52.0 Å². The maximum atomic E-state index is 12.8. The summed E-state index contributed by atoms with van der Waals surface area (Å²) in [4.78, 5) is 45.5. The van der Waals surface area contributed by atoms with Crippen molar-refractivity contribution in [1.29, 1.82) is 0 Å². The minimum absolute atomic E-state index is 0.0118. The van der Waals surface area contributed by atoms with Crippen LogP contribution in [0.15, 0.2) is 49.4 Å². The van der Waals surface area contributed by atoms with Gasteiger partial charge in [0.15, 0.2) is 5.65 Å². The van der Waals surface area contributed by atoms with Crippen LogP contribution in [0.4, 0.5) is 22.1 Å². The Labute approximate surface area is 239 Å². The molecule has 14 heteroatoms. The van der Waals surface area contributed by atoms with E-state index in [1.54, 1.807) is 17.0 Å². The van der Waals surface area contributed by atoms with Gasteiger partial charge >= 0.3 is 6.03 Å². The van der Waals surface area contributed by atoms with Crippen LogP contribution in [0.2, 0.25) is 5.02 Å². The normalized spacial score (nSPS) is 15.5. The van der Waals surface area contributed by atoms with Gasteiger partial charge in [0.25, 0.3) is 0 Å². The summed E-state index contributed by atoms with van der Waals surface area (Å²) in [5.74, 6) is 1.56. The summed E-state index contributed by atoms with van der Waals surface area (Å²) in [6.45, 7) is 1.04. The van der Waals surface area contributed by atoms with Crippen LogP contribution >= 0.6 is 11.6 Å². The van der Waals surface area contributed by atoms with Gasteiger partial charge in [-0.2, -0.15) is 5.10 Å². The molecule has 41 heavy (non-hydrogen) atoms. The van der Waals surface area contributed by atoms with Crippen LogP contribution in [-0.2, 0) is 17.8 Å². The molecule has 0 radical (unpaired) electrons. The molecule has 208 valence electrons. The first-order chi connectivity index (χ1) is 19.9. The van der Waals surface area contributed by atoms with Gasteiger partial charge in [-0.05, 0) is 36.5 Å². The molecule has 6 heterocycles. The Morgan fingerprint density at radius 1 is 1.05 bits per heavy atom. The molecule has 1 aliphatic heterocycles. The van der Waals surface area contributed by atoms with Crippen molar-refractivity contribution in [2.75, 3.05) is 35.7 Å². The number of rotatable bonds is 9. The summed E-state index contributed by atoms with van der Waals surface area (Å²) < 4.78 is 3.65. The fourth-order valence-electron chi connectivity index (χ4n) is 5.01. The fourth-order valence-corrected chi connectivity index (χ4v) is 5.15. The number of anilines is 3. The smallest absolute Gasteiger partial charge is 0.331 e. The summed E-state index contributed by atoms with van der Waals surface area (Å²) in [6.07, 6.45) is 11.7. The zero-order chi connectivity index (χ0) is 28.1. The number of hydrogen-bond acceptors (Lipinski definition) is 9. The minimum Gasteiger partial charge on any atom is -0.370 e. The Hall–Kier alpha value is -4.78. The van der Waals surface area contributed by atoms with Crippen molar-refractivity contribution in [3.63, 3.8) is 0 Å². The van der Waals surface area contributed by atoms with E-state index in [0.29, 0.717) is 53.4 Å². The van der Waals surface area contributed by atoms with E-state index < -0.39 is 0 Å². The molecular weight excluding hydrogens is 546 g/mol. The molecule has 2 fully saturated rings. The van der Waals surface area contributed by atoms with Gasteiger partial charge in [-0.25, -0.2) is 29.2 Å². The molecule has 13 nitrogen and oxygen atoms in total. The van der Waals surface area contributed by atoms with Crippen LogP contribution in [0.1, 0.15) is 35.7 Å². The monoisotopic (exact) mass is 571 g/mol. The molecule has 5 aromatic rings. The van der Waals surface area contributed by atoms with E-state index in [2.05, 4.69) is 36.9 Å². The highest BCUT2D eigenvalue weighted by atomic mass is 35.5. The molecular formula is C27H26ClN11O2. The lowest BCUT2D eigenvalue weighted by Crippen LogP contribution is -2.30. The van der Waals surface area contributed by atoms with Gasteiger partial charge in [0, 0.05) is 38.5 Å². The van der Waals surface area contributed by atoms with Crippen LogP contribution in [0, 0.1) is 0 Å². The number of aromatic nitrogens is 7. The molecule has 2 aliphatic rings. The van der Waals surface area contributed by atoms with E-state index in [0.717, 1.165) is 40.2 Å². The molecule has 1 aliphatic carbocycles. The standard InChI is InChI=1S/C27H26ClN11O2/c1-36-25(40)13-38(27(36)41)22-6-17(16-2-3-16)11-37-12-19(35-26(22)37)10-30-24-8-23(31-14-32-24)29-5-4-20-21-7-18(28)9-34-39(21)15-33-20/h6-9,11-12,14-16H,2-5,10,13H2,1H3,(H2,29,30,31,32). The Morgan fingerprint density at radius 2 is 1.88 bits per heavy atom. The van der Waals surface area contributed by atoms with Gasteiger partial charge in [-0.3, -0.25) is 14.6 Å². The Bertz CT molecular complexity index is 1810. The third-order valence-electron chi connectivity index (χ3n) is 7.36. The summed E-state index contributed by atoms with van der Waals surface area (Å²) in [5.41, 5.74) is 4.97. The molecule has 5 aromatic heterocycles. The summed E-state index contributed by atoms with van der Waals surface area (Å²) in [5, 5.41) is 11.4. The van der Waals surface area contributed by atoms with Crippen molar-refractivity contribution in [3.8, 4) is 0 Å². The van der Waals surface area contributed by atoms with Gasteiger partial charge in [-0.15, -0.1) is 0 Å². The molecule has 0 unspecified atom stereocenters. The SMILES string of the molecule is CN1C(=O)CN(c2cc(C3CC3)cn3cc(CNc4cc(NCCc5ncn6ncc(Cl)cc56)ncn4)nc23)C1=O. The molecule has 2 N–H and O–H groups in total. The second-order valence-electron chi connectivity index (χ2n) is 10.2. The number of urea groups is 1. The number of imide groups is 1. The van der Waals surface area contributed by atoms with Gasteiger partial charge in [0.1, 0.15) is 30.8 Å². The van der Waals surface area contributed by atoms with Crippen molar-refractivity contribution in [1.82, 2.24) is 38.9 Å². The van der Waals surface area contributed by atoms with Crippen LogP contribution < -0.4 is 15.5 Å². The van der Waals surface area contributed by atoms with Crippen LogP contribution in [-0.4, -0.2) is 70.9 Å². The molecule has 0 aromatic carbocycles. The number of nitrogens with one attached hydrogen (secondary N) is 2. The molecule has 3 amide bonds. The lowest BCUT2D eigenvalue weighted by atomic mass is 10.1. The first-order valence-corrected chi connectivity index (χ1v) is 13.7. The average molecular weight is 572 g/mol. The molecule has 0 atom stereocenters. The Morgan fingerprint density at radius 3 is 2.66 bits per heavy atom. The van der Waals surface area contributed by atoms with Crippen molar-refractivity contribution in [2.24, 2.45) is 0 Å². The van der Waals surface area contributed by atoms with E-state index in [9.17, 15) is 9.59 Å². The maximum absolute atomic E-state index is 12.8. The lowest BCUT2D eigenvalue weighted by Gasteiger charge is -2.17. The quantitative estimate of drug-likeness (QED) is 0.255. The van der Waals surface area contributed by atoms with Crippen LogP contribution in [0.3, 0.4) is 0 Å². The molecule has 7 rings (SSSR count). The molecule has 0 bridgehead atoms. The number of pyridine rings is 1. The lowest BCUT2D eigenvalue weighted by molar-refractivity contribution is -0.123. The fraction of sp³-hybridized carbons (Fsp3) is 0.296. The number of fused-ring (bicyclic) bond motifs is 2. The predicted molar refractivity (Wildman–Crippen MR) is 152 cm³/mol. The van der Waals surface area contributed by atoms with Crippen molar-refractivity contribution in [2.45, 2.75) is 31.7 Å². The highest BCUT2D eigenvalue weighted by molar-refractivity contribution is 6.30. The highest BCUT2D eigenvalue weighted by Gasteiger charge is 2.36. The van der Waals surface area contributed by atoms with Crippen LogP contribution in [0.25, 0.3) is 11.2 Å². The van der Waals surface area contributed by atoms with E-state index >= 15 is 0 Å². The Balaban J connectivity index is 1.04. The zero-order valence-corrected chi connectivity index (χ0v) is 22.9. The third-order valence-corrected chi connectivity index (χ3v) is 7.57. The number of nitrogens with zero attached hydrogens (tertiary/aromatic N) is 9. The van der Waals surface area contributed by atoms with Gasteiger partial charge in [0.05, 0.1) is 40.4 Å². The summed E-state index contributed by atoms with van der Waals surface area (Å²) in [7, 11) is 1.51.